The van der Waals surface area contributed by atoms with Crippen molar-refractivity contribution >= 4 is 22.9 Å². The number of likely N-dealkylation sites (tertiary alicyclic amines) is 1. The van der Waals surface area contributed by atoms with Crippen LogP contribution in [0.1, 0.15) is 42.7 Å². The van der Waals surface area contributed by atoms with Crippen molar-refractivity contribution in [2.45, 2.75) is 46.2 Å². The van der Waals surface area contributed by atoms with Crippen LogP contribution in [0.5, 0.6) is 0 Å². The molecule has 3 heterocycles. The average molecular weight is 330 g/mol. The number of hydrogen-bond acceptors (Lipinski definition) is 4. The maximum Gasteiger partial charge on any atom is 0.308 e. The topological polar surface area (TPSA) is 88.3 Å². The van der Waals surface area contributed by atoms with Crippen LogP contribution in [0.4, 0.5) is 0 Å². The minimum absolute atomic E-state index is 0.149. The molecular weight excluding hydrogens is 308 g/mol. The predicted octanol–water partition coefficient (Wildman–Crippen LogP) is 2.08. The molecule has 1 amide bonds. The van der Waals surface area contributed by atoms with Gasteiger partial charge in [0.1, 0.15) is 0 Å². The molecule has 1 fully saturated rings. The summed E-state index contributed by atoms with van der Waals surface area (Å²) in [5, 5.41) is 14.4. The summed E-state index contributed by atoms with van der Waals surface area (Å²) < 4.78 is 1.79. The number of aromatic nitrogens is 3. The maximum absolute atomic E-state index is 13.0. The second-order valence-corrected chi connectivity index (χ2v) is 6.32. The molecule has 3 rings (SSSR count). The van der Waals surface area contributed by atoms with Crippen LogP contribution in [-0.4, -0.2) is 49.2 Å². The van der Waals surface area contributed by atoms with E-state index in [1.807, 2.05) is 26.8 Å². The number of piperidine rings is 1. The van der Waals surface area contributed by atoms with Gasteiger partial charge < -0.3 is 10.0 Å². The van der Waals surface area contributed by atoms with Crippen molar-refractivity contribution in [1.82, 2.24) is 19.7 Å². The van der Waals surface area contributed by atoms with Crippen molar-refractivity contribution in [2.24, 2.45) is 5.92 Å². The Labute approximate surface area is 140 Å². The summed E-state index contributed by atoms with van der Waals surface area (Å²) in [7, 11) is 0. The molecule has 0 aromatic carbocycles. The number of nitrogens with zero attached hydrogens (tertiary/aromatic N) is 4. The molecule has 128 valence electrons. The number of aliphatic carboxylic acids is 1. The molecule has 7 heteroatoms. The molecule has 0 radical (unpaired) electrons. The van der Waals surface area contributed by atoms with Crippen molar-refractivity contribution in [2.75, 3.05) is 6.54 Å². The number of carbonyl (C=O) groups is 2. The number of amides is 1. The lowest BCUT2D eigenvalue weighted by atomic mass is 9.89. The zero-order valence-electron chi connectivity index (χ0n) is 14.2. The zero-order valence-corrected chi connectivity index (χ0v) is 14.2. The van der Waals surface area contributed by atoms with Crippen LogP contribution in [0.25, 0.3) is 11.0 Å². The van der Waals surface area contributed by atoms with Gasteiger partial charge in [-0.15, -0.1) is 0 Å². The van der Waals surface area contributed by atoms with E-state index < -0.39 is 11.9 Å². The van der Waals surface area contributed by atoms with Crippen LogP contribution in [0.3, 0.4) is 0 Å². The van der Waals surface area contributed by atoms with Gasteiger partial charge in [0.15, 0.2) is 5.65 Å². The van der Waals surface area contributed by atoms with Gasteiger partial charge in [0.2, 0.25) is 0 Å². The predicted molar refractivity (Wildman–Crippen MR) is 88.8 cm³/mol. The highest BCUT2D eigenvalue weighted by Crippen LogP contribution is 2.27. The van der Waals surface area contributed by atoms with Gasteiger partial charge in [-0.25, -0.2) is 9.67 Å². The molecule has 1 N–H and O–H groups in total. The molecule has 24 heavy (non-hydrogen) atoms. The Morgan fingerprint density at radius 2 is 2.17 bits per heavy atom. The molecule has 0 saturated carbocycles. The van der Waals surface area contributed by atoms with E-state index in [4.69, 9.17) is 0 Å². The summed E-state index contributed by atoms with van der Waals surface area (Å²) in [4.78, 5) is 30.6. The Hall–Kier alpha value is -2.44. The number of hydrogen-bond donors (Lipinski definition) is 1. The normalized spacial score (nSPS) is 21.2. The molecule has 0 bridgehead atoms. The van der Waals surface area contributed by atoms with Crippen molar-refractivity contribution in [3.63, 3.8) is 0 Å². The van der Waals surface area contributed by atoms with Gasteiger partial charge in [0.25, 0.3) is 5.91 Å². The number of carboxylic acids is 1. The molecular formula is C17H22N4O3. The SMILES string of the molecule is CCn1ncc2cc(C(=O)N3CCC[C@H](C(=O)O)[C@@H]3C)c(C)nc21. The lowest BCUT2D eigenvalue weighted by Gasteiger charge is -2.37. The molecule has 2 aromatic heterocycles. The van der Waals surface area contributed by atoms with E-state index in [9.17, 15) is 14.7 Å². The first kappa shape index (κ1) is 16.4. The summed E-state index contributed by atoms with van der Waals surface area (Å²) in [6.07, 6.45) is 3.02. The van der Waals surface area contributed by atoms with Crippen LogP contribution in [0, 0.1) is 12.8 Å². The van der Waals surface area contributed by atoms with Crippen LogP contribution in [0.15, 0.2) is 12.3 Å². The average Bonchev–Trinajstić information content (AvgIpc) is 2.95. The van der Waals surface area contributed by atoms with Crippen LogP contribution < -0.4 is 0 Å². The Kier molecular flexibility index (Phi) is 4.26. The van der Waals surface area contributed by atoms with Gasteiger partial charge in [-0.1, -0.05) is 0 Å². The summed E-state index contributed by atoms with van der Waals surface area (Å²) in [5.41, 5.74) is 1.94. The van der Waals surface area contributed by atoms with Gasteiger partial charge >= 0.3 is 5.97 Å². The molecule has 1 saturated heterocycles. The zero-order chi connectivity index (χ0) is 17.4. The monoisotopic (exact) mass is 330 g/mol. The standard InChI is InChI=1S/C17H22N4O3/c1-4-21-15-12(9-18-21)8-14(10(2)19-15)16(22)20-7-5-6-13(11(20)3)17(23)24/h8-9,11,13H,4-7H2,1-3H3,(H,23,24)/t11-,13-/m0/s1. The summed E-state index contributed by atoms with van der Waals surface area (Å²) in [5.74, 6) is -1.50. The quantitative estimate of drug-likeness (QED) is 0.931. The van der Waals surface area contributed by atoms with Crippen LogP contribution in [-0.2, 0) is 11.3 Å². The molecule has 1 aliphatic heterocycles. The summed E-state index contributed by atoms with van der Waals surface area (Å²) >= 11 is 0. The Morgan fingerprint density at radius 3 is 2.83 bits per heavy atom. The van der Waals surface area contributed by atoms with Gasteiger partial charge in [0.05, 0.1) is 23.4 Å². The van der Waals surface area contributed by atoms with E-state index in [0.29, 0.717) is 37.2 Å². The highest BCUT2D eigenvalue weighted by atomic mass is 16.4. The second kappa shape index (κ2) is 6.22. The number of rotatable bonds is 3. The second-order valence-electron chi connectivity index (χ2n) is 6.32. The third kappa shape index (κ3) is 2.64. The Morgan fingerprint density at radius 1 is 1.42 bits per heavy atom. The fourth-order valence-electron chi connectivity index (χ4n) is 3.46. The number of pyridine rings is 1. The molecule has 1 aliphatic rings. The minimum atomic E-state index is -0.838. The first-order valence-corrected chi connectivity index (χ1v) is 8.31. The van der Waals surface area contributed by atoms with Gasteiger partial charge in [-0.2, -0.15) is 5.10 Å². The first-order valence-electron chi connectivity index (χ1n) is 8.31. The highest BCUT2D eigenvalue weighted by Gasteiger charge is 2.36. The van der Waals surface area contributed by atoms with E-state index in [2.05, 4.69) is 10.1 Å². The Balaban J connectivity index is 1.96. The molecule has 7 nitrogen and oxygen atoms in total. The van der Waals surface area contributed by atoms with E-state index >= 15 is 0 Å². The van der Waals surface area contributed by atoms with E-state index in [0.717, 1.165) is 11.0 Å². The first-order chi connectivity index (χ1) is 11.4. The van der Waals surface area contributed by atoms with Crippen molar-refractivity contribution < 1.29 is 14.7 Å². The smallest absolute Gasteiger partial charge is 0.308 e. The third-order valence-electron chi connectivity index (χ3n) is 4.90. The van der Waals surface area contributed by atoms with Crippen molar-refractivity contribution in [3.05, 3.63) is 23.5 Å². The molecule has 0 aliphatic carbocycles. The molecule has 2 atom stereocenters. The van der Waals surface area contributed by atoms with Crippen LogP contribution >= 0.6 is 0 Å². The van der Waals surface area contributed by atoms with E-state index in [1.54, 1.807) is 15.8 Å². The summed E-state index contributed by atoms with van der Waals surface area (Å²) in [6, 6.07) is 1.49. The number of carboxylic acid groups (broad SMARTS) is 1. The van der Waals surface area contributed by atoms with Crippen molar-refractivity contribution in [1.29, 1.82) is 0 Å². The summed E-state index contributed by atoms with van der Waals surface area (Å²) in [6.45, 7) is 6.90. The van der Waals surface area contributed by atoms with Crippen LogP contribution in [0.2, 0.25) is 0 Å². The highest BCUT2D eigenvalue weighted by molar-refractivity contribution is 5.98. The van der Waals surface area contributed by atoms with Gasteiger partial charge in [0, 0.05) is 24.5 Å². The largest absolute Gasteiger partial charge is 0.481 e. The number of carbonyl (C=O) groups excluding carboxylic acids is 1. The minimum Gasteiger partial charge on any atom is -0.481 e. The number of fused-ring (bicyclic) bond motifs is 1. The van der Waals surface area contributed by atoms with Gasteiger partial charge in [-0.3, -0.25) is 9.59 Å². The van der Waals surface area contributed by atoms with Crippen molar-refractivity contribution in [3.8, 4) is 0 Å². The van der Waals surface area contributed by atoms with Gasteiger partial charge in [-0.05, 0) is 39.7 Å². The third-order valence-corrected chi connectivity index (χ3v) is 4.90. The lowest BCUT2D eigenvalue weighted by molar-refractivity contribution is -0.144. The number of aryl methyl sites for hydroxylation is 2. The molecule has 0 unspecified atom stereocenters. The molecule has 2 aromatic rings. The fourth-order valence-corrected chi connectivity index (χ4v) is 3.46. The van der Waals surface area contributed by atoms with E-state index in [-0.39, 0.29) is 11.9 Å². The maximum atomic E-state index is 13.0. The Bertz CT molecular complexity index is 798. The lowest BCUT2D eigenvalue weighted by Crippen LogP contribution is -2.49. The molecule has 0 spiro atoms. The fraction of sp³-hybridized carbons (Fsp3) is 0.529. The van der Waals surface area contributed by atoms with E-state index in [1.165, 1.54) is 0 Å².